The maximum absolute atomic E-state index is 3.87. The number of allylic oxidation sites excluding steroid dienone is 1. The molecule has 0 aliphatic rings. The molecule has 0 heterocycles. The molecule has 0 amide bonds. The number of thioether (sulfide) groups is 1. The first kappa shape index (κ1) is 12.3. The Hall–Kier alpha value is -0.690. The van der Waals surface area contributed by atoms with E-state index in [0.717, 1.165) is 5.57 Å². The fraction of sp³-hybridized carbons (Fsp3) is 0.333. The molecule has 0 saturated carbocycles. The number of hydrogen-bond donors (Lipinski definition) is 0. The Bertz CT molecular complexity index is 246. The zero-order chi connectivity index (χ0) is 10.3. The largest absolute Gasteiger partial charge is 0.130 e. The van der Waals surface area contributed by atoms with Crippen molar-refractivity contribution < 1.29 is 0 Å². The van der Waals surface area contributed by atoms with E-state index in [2.05, 4.69) is 37.1 Å². The van der Waals surface area contributed by atoms with E-state index < -0.39 is 0 Å². The maximum Gasteiger partial charge on any atom is 0.00695 e. The predicted octanol–water partition coefficient (Wildman–Crippen LogP) is 4.47. The highest BCUT2D eigenvalue weighted by Gasteiger charge is 1.92. The lowest BCUT2D eigenvalue weighted by Crippen LogP contribution is -1.76. The van der Waals surface area contributed by atoms with Crippen LogP contribution in [0.4, 0.5) is 0 Å². The van der Waals surface area contributed by atoms with Crippen LogP contribution in [0.3, 0.4) is 0 Å². The molecule has 0 radical (unpaired) electrons. The molecule has 1 aromatic rings. The molecule has 0 aliphatic carbocycles. The highest BCUT2D eigenvalue weighted by molar-refractivity contribution is 7.98. The highest BCUT2D eigenvalue weighted by atomic mass is 32.2. The summed E-state index contributed by atoms with van der Waals surface area (Å²) in [6, 6.07) is 8.45. The fourth-order valence-corrected chi connectivity index (χ4v) is 1.28. The zero-order valence-electron chi connectivity index (χ0n) is 8.92. The van der Waals surface area contributed by atoms with Gasteiger partial charge in [0.05, 0.1) is 0 Å². The maximum atomic E-state index is 3.87. The van der Waals surface area contributed by atoms with Gasteiger partial charge in [0, 0.05) is 4.90 Å². The van der Waals surface area contributed by atoms with Gasteiger partial charge >= 0.3 is 0 Å². The van der Waals surface area contributed by atoms with Crippen LogP contribution in [0.15, 0.2) is 35.7 Å². The summed E-state index contributed by atoms with van der Waals surface area (Å²) < 4.78 is 0. The first-order valence-corrected chi connectivity index (χ1v) is 5.76. The standard InChI is InChI=1S/C10H12S.C2H6/c1-8(2)9-4-6-10(11-3)7-5-9;1-2/h4-7H,1H2,2-3H3;1-2H3. The fourth-order valence-electron chi connectivity index (χ4n) is 0.876. The first-order chi connectivity index (χ1) is 6.24. The van der Waals surface area contributed by atoms with Crippen LogP contribution in [-0.2, 0) is 0 Å². The number of hydrogen-bond acceptors (Lipinski definition) is 1. The molecule has 0 saturated heterocycles. The molecule has 72 valence electrons. The topological polar surface area (TPSA) is 0 Å². The Labute approximate surface area is 86.1 Å². The SMILES string of the molecule is C=C(C)c1ccc(SC)cc1.CC. The molecular weight excluding hydrogens is 176 g/mol. The molecule has 1 aromatic carbocycles. The van der Waals surface area contributed by atoms with Crippen LogP contribution >= 0.6 is 11.8 Å². The second kappa shape index (κ2) is 6.79. The Kier molecular flexibility index (Phi) is 6.43. The quantitative estimate of drug-likeness (QED) is 0.626. The first-order valence-electron chi connectivity index (χ1n) is 4.54. The van der Waals surface area contributed by atoms with Gasteiger partial charge in [-0.1, -0.05) is 38.1 Å². The highest BCUT2D eigenvalue weighted by Crippen LogP contribution is 2.18. The molecule has 0 fully saturated rings. The third-order valence-corrected chi connectivity index (χ3v) is 2.33. The minimum Gasteiger partial charge on any atom is -0.130 e. The summed E-state index contributed by atoms with van der Waals surface area (Å²) in [5.41, 5.74) is 2.35. The minimum absolute atomic E-state index is 1.12. The Morgan fingerprint density at radius 1 is 1.15 bits per heavy atom. The lowest BCUT2D eigenvalue weighted by Gasteiger charge is -1.99. The number of benzene rings is 1. The smallest absolute Gasteiger partial charge is 0.00695 e. The summed E-state index contributed by atoms with van der Waals surface area (Å²) in [6.07, 6.45) is 2.08. The van der Waals surface area contributed by atoms with Gasteiger partial charge in [-0.2, -0.15) is 0 Å². The van der Waals surface area contributed by atoms with Crippen LogP contribution < -0.4 is 0 Å². The Morgan fingerprint density at radius 3 is 1.92 bits per heavy atom. The van der Waals surface area contributed by atoms with E-state index in [1.807, 2.05) is 20.8 Å². The van der Waals surface area contributed by atoms with Crippen molar-refractivity contribution in [1.29, 1.82) is 0 Å². The van der Waals surface area contributed by atoms with Crippen LogP contribution in [-0.4, -0.2) is 6.26 Å². The van der Waals surface area contributed by atoms with Crippen LogP contribution in [0.5, 0.6) is 0 Å². The van der Waals surface area contributed by atoms with Gasteiger partial charge in [0.1, 0.15) is 0 Å². The van der Waals surface area contributed by atoms with Gasteiger partial charge in [0.15, 0.2) is 0 Å². The van der Waals surface area contributed by atoms with Gasteiger partial charge in [-0.05, 0) is 30.9 Å². The van der Waals surface area contributed by atoms with Gasteiger partial charge in [-0.3, -0.25) is 0 Å². The molecule has 0 spiro atoms. The summed E-state index contributed by atoms with van der Waals surface area (Å²) >= 11 is 1.76. The molecule has 13 heavy (non-hydrogen) atoms. The van der Waals surface area contributed by atoms with Crippen LogP contribution in [0.2, 0.25) is 0 Å². The molecule has 1 heteroatoms. The van der Waals surface area contributed by atoms with Gasteiger partial charge in [-0.15, -0.1) is 11.8 Å². The van der Waals surface area contributed by atoms with Crippen molar-refractivity contribution in [3.8, 4) is 0 Å². The Balaban J connectivity index is 0.000000671. The lowest BCUT2D eigenvalue weighted by molar-refractivity contribution is 1.43. The van der Waals surface area contributed by atoms with E-state index in [0.29, 0.717) is 0 Å². The van der Waals surface area contributed by atoms with Crippen molar-refractivity contribution in [3.63, 3.8) is 0 Å². The predicted molar refractivity (Wildman–Crippen MR) is 64.3 cm³/mol. The van der Waals surface area contributed by atoms with Crippen molar-refractivity contribution in [2.75, 3.05) is 6.26 Å². The zero-order valence-corrected chi connectivity index (χ0v) is 9.74. The van der Waals surface area contributed by atoms with E-state index >= 15 is 0 Å². The van der Waals surface area contributed by atoms with Crippen molar-refractivity contribution in [2.24, 2.45) is 0 Å². The second-order valence-electron chi connectivity index (χ2n) is 2.51. The summed E-state index contributed by atoms with van der Waals surface area (Å²) in [7, 11) is 0. The van der Waals surface area contributed by atoms with Gasteiger partial charge in [-0.25, -0.2) is 0 Å². The summed E-state index contributed by atoms with van der Waals surface area (Å²) in [5, 5.41) is 0. The molecule has 1 rings (SSSR count). The summed E-state index contributed by atoms with van der Waals surface area (Å²) in [4.78, 5) is 1.30. The van der Waals surface area contributed by atoms with E-state index in [9.17, 15) is 0 Å². The normalized spacial score (nSPS) is 8.62. The van der Waals surface area contributed by atoms with Crippen LogP contribution in [0.1, 0.15) is 26.3 Å². The van der Waals surface area contributed by atoms with Crippen molar-refractivity contribution in [3.05, 3.63) is 36.4 Å². The molecule has 0 aromatic heterocycles. The van der Waals surface area contributed by atoms with E-state index in [1.54, 1.807) is 11.8 Å². The average Bonchev–Trinajstić information content (AvgIpc) is 2.21. The van der Waals surface area contributed by atoms with Gasteiger partial charge in [0.25, 0.3) is 0 Å². The van der Waals surface area contributed by atoms with E-state index in [4.69, 9.17) is 0 Å². The van der Waals surface area contributed by atoms with Gasteiger partial charge < -0.3 is 0 Å². The van der Waals surface area contributed by atoms with E-state index in [-0.39, 0.29) is 0 Å². The Morgan fingerprint density at radius 2 is 1.62 bits per heavy atom. The second-order valence-corrected chi connectivity index (χ2v) is 3.39. The third kappa shape index (κ3) is 4.18. The molecule has 0 atom stereocenters. The monoisotopic (exact) mass is 194 g/mol. The molecule has 0 unspecified atom stereocenters. The molecular formula is C12H18S. The third-order valence-electron chi connectivity index (χ3n) is 1.58. The number of rotatable bonds is 2. The molecule has 0 bridgehead atoms. The molecule has 0 aliphatic heterocycles. The van der Waals surface area contributed by atoms with Gasteiger partial charge in [0.2, 0.25) is 0 Å². The average molecular weight is 194 g/mol. The van der Waals surface area contributed by atoms with Crippen molar-refractivity contribution in [1.82, 2.24) is 0 Å². The minimum atomic E-state index is 1.12. The van der Waals surface area contributed by atoms with Crippen molar-refractivity contribution >= 4 is 17.3 Å². The van der Waals surface area contributed by atoms with E-state index in [1.165, 1.54) is 10.5 Å². The molecule has 0 nitrogen and oxygen atoms in total. The summed E-state index contributed by atoms with van der Waals surface area (Å²) in [6.45, 7) is 9.90. The van der Waals surface area contributed by atoms with Crippen molar-refractivity contribution in [2.45, 2.75) is 25.7 Å². The van der Waals surface area contributed by atoms with Crippen LogP contribution in [0.25, 0.3) is 5.57 Å². The lowest BCUT2D eigenvalue weighted by atomic mass is 10.1. The van der Waals surface area contributed by atoms with Crippen LogP contribution in [0, 0.1) is 0 Å². The molecule has 0 N–H and O–H groups in total. The summed E-state index contributed by atoms with van der Waals surface area (Å²) in [5.74, 6) is 0.